The van der Waals surface area contributed by atoms with Gasteiger partial charge in [-0.2, -0.15) is 0 Å². The molecule has 2 heterocycles. The molecule has 1 atom stereocenters. The van der Waals surface area contributed by atoms with E-state index >= 15 is 0 Å². The summed E-state index contributed by atoms with van der Waals surface area (Å²) in [4.78, 5) is 16.5. The number of fused-ring (bicyclic) bond motifs is 1. The number of aromatic nitrogens is 1. The van der Waals surface area contributed by atoms with Crippen molar-refractivity contribution in [2.24, 2.45) is 5.92 Å². The predicted octanol–water partition coefficient (Wildman–Crippen LogP) is 4.29. The minimum absolute atomic E-state index is 0.169. The number of rotatable bonds is 4. The number of halogens is 2. The van der Waals surface area contributed by atoms with Crippen LogP contribution in [0.1, 0.15) is 35.8 Å². The lowest BCUT2D eigenvalue weighted by molar-refractivity contribution is 0.0925. The molecule has 0 saturated heterocycles. The Hall–Kier alpha value is -1.98. The lowest BCUT2D eigenvalue weighted by atomic mass is 9.95. The molecule has 0 saturated carbocycles. The molecule has 25 heavy (non-hydrogen) atoms. The molecular weight excluding hydrogens is 363 g/mol. The highest BCUT2D eigenvalue weighted by atomic mass is 35.5. The van der Waals surface area contributed by atoms with Gasteiger partial charge in [-0.25, -0.2) is 4.98 Å². The minimum Gasteiger partial charge on any atom is -0.486 e. The Bertz CT molecular complexity index is 796. The van der Waals surface area contributed by atoms with E-state index in [-0.39, 0.29) is 28.0 Å². The van der Waals surface area contributed by atoms with Crippen molar-refractivity contribution >= 4 is 29.1 Å². The van der Waals surface area contributed by atoms with Crippen molar-refractivity contribution in [3.05, 3.63) is 51.8 Å². The Morgan fingerprint density at radius 1 is 1.16 bits per heavy atom. The van der Waals surface area contributed by atoms with Crippen molar-refractivity contribution in [2.75, 3.05) is 13.2 Å². The highest BCUT2D eigenvalue weighted by molar-refractivity contribution is 6.41. The number of hydrogen-bond donors (Lipinski definition) is 1. The highest BCUT2D eigenvalue weighted by Crippen LogP contribution is 2.34. The molecule has 1 aliphatic heterocycles. The standard InChI is InChI=1S/C18H18Cl2N2O3/c1-10(2)16(11-3-4-14-15(8-11)25-6-5-24-14)22-18(23)12-7-13(19)17(20)21-9-12/h3-4,7-10,16H,5-6H2,1-2H3,(H,22,23)/t16-/m0/s1. The van der Waals surface area contributed by atoms with Crippen LogP contribution in [0.2, 0.25) is 10.2 Å². The SMILES string of the molecule is CC(C)[C@H](NC(=O)c1cnc(Cl)c(Cl)c1)c1ccc2c(c1)OCCO2. The number of amides is 1. The molecule has 132 valence electrons. The third-order valence-electron chi connectivity index (χ3n) is 3.94. The average Bonchev–Trinajstić information content (AvgIpc) is 2.61. The molecular formula is C18H18Cl2N2O3. The quantitative estimate of drug-likeness (QED) is 0.803. The summed E-state index contributed by atoms with van der Waals surface area (Å²) in [6.45, 7) is 5.13. The van der Waals surface area contributed by atoms with Crippen molar-refractivity contribution in [1.82, 2.24) is 10.3 Å². The molecule has 3 rings (SSSR count). The lowest BCUT2D eigenvalue weighted by Crippen LogP contribution is -2.32. The van der Waals surface area contributed by atoms with Gasteiger partial charge in [0, 0.05) is 6.20 Å². The summed E-state index contributed by atoms with van der Waals surface area (Å²) in [6.07, 6.45) is 1.41. The number of benzene rings is 1. The zero-order chi connectivity index (χ0) is 18.0. The zero-order valence-electron chi connectivity index (χ0n) is 13.9. The Kier molecular flexibility index (Phi) is 5.35. The molecule has 1 N–H and O–H groups in total. The summed E-state index contributed by atoms with van der Waals surface area (Å²) in [7, 11) is 0. The summed E-state index contributed by atoms with van der Waals surface area (Å²) in [5.74, 6) is 1.32. The second-order valence-corrected chi connectivity index (χ2v) is 6.86. The van der Waals surface area contributed by atoms with E-state index in [0.29, 0.717) is 24.5 Å². The van der Waals surface area contributed by atoms with E-state index in [4.69, 9.17) is 32.7 Å². The summed E-state index contributed by atoms with van der Waals surface area (Å²) in [6, 6.07) is 7.02. The molecule has 0 fully saturated rings. The van der Waals surface area contributed by atoms with Crippen LogP contribution in [-0.2, 0) is 0 Å². The van der Waals surface area contributed by atoms with Gasteiger partial charge in [0.1, 0.15) is 18.4 Å². The Morgan fingerprint density at radius 3 is 2.56 bits per heavy atom. The van der Waals surface area contributed by atoms with Gasteiger partial charge in [-0.05, 0) is 29.7 Å². The van der Waals surface area contributed by atoms with E-state index in [1.807, 2.05) is 32.0 Å². The van der Waals surface area contributed by atoms with Gasteiger partial charge in [-0.1, -0.05) is 43.1 Å². The van der Waals surface area contributed by atoms with Gasteiger partial charge in [0.15, 0.2) is 11.5 Å². The third-order valence-corrected chi connectivity index (χ3v) is 4.62. The number of hydrogen-bond acceptors (Lipinski definition) is 4. The Morgan fingerprint density at radius 2 is 1.88 bits per heavy atom. The number of carbonyl (C=O) groups is 1. The molecule has 1 aliphatic rings. The number of nitrogens with one attached hydrogen (secondary N) is 1. The average molecular weight is 381 g/mol. The van der Waals surface area contributed by atoms with Gasteiger partial charge in [0.05, 0.1) is 16.6 Å². The van der Waals surface area contributed by atoms with Crippen LogP contribution in [0, 0.1) is 5.92 Å². The molecule has 1 amide bonds. The highest BCUT2D eigenvalue weighted by Gasteiger charge is 2.22. The summed E-state index contributed by atoms with van der Waals surface area (Å²) >= 11 is 11.8. The van der Waals surface area contributed by atoms with Crippen LogP contribution in [0.3, 0.4) is 0 Å². The predicted molar refractivity (Wildman–Crippen MR) is 96.7 cm³/mol. The Balaban J connectivity index is 1.84. The van der Waals surface area contributed by atoms with E-state index in [1.54, 1.807) is 0 Å². The van der Waals surface area contributed by atoms with Crippen LogP contribution in [-0.4, -0.2) is 24.1 Å². The zero-order valence-corrected chi connectivity index (χ0v) is 15.4. The Labute approximate surface area is 156 Å². The van der Waals surface area contributed by atoms with Crippen LogP contribution in [0.5, 0.6) is 11.5 Å². The second-order valence-electron chi connectivity index (χ2n) is 6.09. The molecule has 0 unspecified atom stereocenters. The maximum atomic E-state index is 12.6. The molecule has 2 aromatic rings. The fraction of sp³-hybridized carbons (Fsp3) is 0.333. The normalized spacial score (nSPS) is 14.3. The molecule has 0 radical (unpaired) electrons. The first kappa shape index (κ1) is 17.8. The molecule has 5 nitrogen and oxygen atoms in total. The molecule has 1 aromatic carbocycles. The summed E-state index contributed by atoms with van der Waals surface area (Å²) in [5, 5.41) is 3.44. The summed E-state index contributed by atoms with van der Waals surface area (Å²) in [5.41, 5.74) is 1.30. The first-order chi connectivity index (χ1) is 12.0. The van der Waals surface area contributed by atoms with E-state index in [1.165, 1.54) is 12.3 Å². The second kappa shape index (κ2) is 7.50. The van der Waals surface area contributed by atoms with E-state index in [0.717, 1.165) is 11.3 Å². The first-order valence-electron chi connectivity index (χ1n) is 7.97. The fourth-order valence-corrected chi connectivity index (χ4v) is 2.93. The van der Waals surface area contributed by atoms with Crippen LogP contribution >= 0.6 is 23.2 Å². The number of nitrogens with zero attached hydrogens (tertiary/aromatic N) is 1. The van der Waals surface area contributed by atoms with Crippen LogP contribution in [0.15, 0.2) is 30.5 Å². The van der Waals surface area contributed by atoms with E-state index in [2.05, 4.69) is 10.3 Å². The van der Waals surface area contributed by atoms with E-state index in [9.17, 15) is 4.79 Å². The molecule has 1 aromatic heterocycles. The molecule has 0 bridgehead atoms. The smallest absolute Gasteiger partial charge is 0.253 e. The van der Waals surface area contributed by atoms with Crippen molar-refractivity contribution in [1.29, 1.82) is 0 Å². The van der Waals surface area contributed by atoms with Gasteiger partial charge in [0.2, 0.25) is 0 Å². The molecule has 0 spiro atoms. The number of carbonyl (C=O) groups excluding carboxylic acids is 1. The topological polar surface area (TPSA) is 60.5 Å². The monoisotopic (exact) mass is 380 g/mol. The van der Waals surface area contributed by atoms with Crippen molar-refractivity contribution < 1.29 is 14.3 Å². The van der Waals surface area contributed by atoms with E-state index < -0.39 is 0 Å². The van der Waals surface area contributed by atoms with Crippen LogP contribution in [0.25, 0.3) is 0 Å². The molecule has 7 heteroatoms. The maximum Gasteiger partial charge on any atom is 0.253 e. The van der Waals surface area contributed by atoms with Crippen LogP contribution in [0.4, 0.5) is 0 Å². The van der Waals surface area contributed by atoms with Crippen molar-refractivity contribution in [2.45, 2.75) is 19.9 Å². The van der Waals surface area contributed by atoms with Gasteiger partial charge < -0.3 is 14.8 Å². The molecule has 0 aliphatic carbocycles. The van der Waals surface area contributed by atoms with Crippen molar-refractivity contribution in [3.63, 3.8) is 0 Å². The third kappa shape index (κ3) is 3.99. The van der Waals surface area contributed by atoms with Crippen molar-refractivity contribution in [3.8, 4) is 11.5 Å². The maximum absolute atomic E-state index is 12.6. The van der Waals surface area contributed by atoms with Gasteiger partial charge in [0.25, 0.3) is 5.91 Å². The van der Waals surface area contributed by atoms with Gasteiger partial charge >= 0.3 is 0 Å². The van der Waals surface area contributed by atoms with Gasteiger partial charge in [-0.3, -0.25) is 4.79 Å². The first-order valence-corrected chi connectivity index (χ1v) is 8.72. The van der Waals surface area contributed by atoms with Gasteiger partial charge in [-0.15, -0.1) is 0 Å². The minimum atomic E-state index is -0.264. The number of pyridine rings is 1. The lowest BCUT2D eigenvalue weighted by Gasteiger charge is -2.25. The largest absolute Gasteiger partial charge is 0.486 e. The van der Waals surface area contributed by atoms with Crippen LogP contribution < -0.4 is 14.8 Å². The fourth-order valence-electron chi connectivity index (χ4n) is 2.66. The summed E-state index contributed by atoms with van der Waals surface area (Å²) < 4.78 is 11.2. The number of ether oxygens (including phenoxy) is 2.